The molecule has 0 aliphatic heterocycles. The van der Waals surface area contributed by atoms with E-state index in [1.807, 2.05) is 24.3 Å². The lowest BCUT2D eigenvalue weighted by Crippen LogP contribution is -2.06. The maximum absolute atomic E-state index is 12.1. The van der Waals surface area contributed by atoms with Gasteiger partial charge in [0.1, 0.15) is 11.5 Å². The third kappa shape index (κ3) is 4.47. The van der Waals surface area contributed by atoms with Crippen molar-refractivity contribution >= 4 is 44.9 Å². The standard InChI is InChI=1S/C16H13BrCl2O2/c1-21-16-5-3-10(8-13(16)17)6-12(20)7-11-2-4-14(18)15(19)9-11/h2-5,8-9H,6-7H2,1H3. The summed E-state index contributed by atoms with van der Waals surface area (Å²) in [5.41, 5.74) is 1.80. The Morgan fingerprint density at radius 3 is 2.24 bits per heavy atom. The molecule has 0 atom stereocenters. The largest absolute Gasteiger partial charge is 0.496 e. The highest BCUT2D eigenvalue weighted by Crippen LogP contribution is 2.26. The number of carbonyl (C=O) groups excluding carboxylic acids is 1. The minimum Gasteiger partial charge on any atom is -0.496 e. The molecule has 5 heteroatoms. The first-order valence-corrected chi connectivity index (χ1v) is 7.82. The topological polar surface area (TPSA) is 26.3 Å². The molecule has 0 heterocycles. The molecule has 2 aromatic carbocycles. The molecule has 0 bridgehead atoms. The molecule has 0 unspecified atom stereocenters. The zero-order valence-corrected chi connectivity index (χ0v) is 14.4. The maximum atomic E-state index is 12.1. The number of Topliss-reactive ketones (excluding diaryl/α,β-unsaturated/α-hetero) is 1. The minimum absolute atomic E-state index is 0.116. The summed E-state index contributed by atoms with van der Waals surface area (Å²) in [7, 11) is 1.61. The summed E-state index contributed by atoms with van der Waals surface area (Å²) in [5.74, 6) is 0.862. The number of carbonyl (C=O) groups is 1. The Bertz CT molecular complexity index is 671. The zero-order chi connectivity index (χ0) is 15.4. The number of hydrogen-bond donors (Lipinski definition) is 0. The number of ether oxygens (including phenoxy) is 1. The van der Waals surface area contributed by atoms with Crippen molar-refractivity contribution in [3.8, 4) is 5.75 Å². The fourth-order valence-corrected chi connectivity index (χ4v) is 2.90. The van der Waals surface area contributed by atoms with E-state index in [1.165, 1.54) is 0 Å². The average molecular weight is 388 g/mol. The lowest BCUT2D eigenvalue weighted by atomic mass is 10.0. The van der Waals surface area contributed by atoms with E-state index in [9.17, 15) is 4.79 Å². The van der Waals surface area contributed by atoms with E-state index >= 15 is 0 Å². The van der Waals surface area contributed by atoms with Gasteiger partial charge in [-0.2, -0.15) is 0 Å². The summed E-state index contributed by atoms with van der Waals surface area (Å²) in [6.45, 7) is 0. The lowest BCUT2D eigenvalue weighted by molar-refractivity contribution is -0.117. The molecule has 0 saturated carbocycles. The van der Waals surface area contributed by atoms with Gasteiger partial charge in [-0.3, -0.25) is 4.79 Å². The number of ketones is 1. The summed E-state index contributed by atoms with van der Waals surface area (Å²) in [4.78, 5) is 12.1. The van der Waals surface area contributed by atoms with Crippen LogP contribution in [0.25, 0.3) is 0 Å². The molecule has 0 saturated heterocycles. The summed E-state index contributed by atoms with van der Waals surface area (Å²) in [6.07, 6.45) is 0.698. The van der Waals surface area contributed by atoms with Gasteiger partial charge in [-0.25, -0.2) is 0 Å². The molecule has 0 N–H and O–H groups in total. The Morgan fingerprint density at radius 1 is 1.05 bits per heavy atom. The van der Waals surface area contributed by atoms with Crippen LogP contribution < -0.4 is 4.74 Å². The van der Waals surface area contributed by atoms with Gasteiger partial charge in [0.05, 0.1) is 21.6 Å². The number of rotatable bonds is 5. The Morgan fingerprint density at radius 2 is 1.67 bits per heavy atom. The van der Waals surface area contributed by atoms with Gasteiger partial charge in [0.25, 0.3) is 0 Å². The predicted molar refractivity (Wildman–Crippen MR) is 89.6 cm³/mol. The molecule has 0 amide bonds. The first kappa shape index (κ1) is 16.3. The lowest BCUT2D eigenvalue weighted by Gasteiger charge is -2.07. The quantitative estimate of drug-likeness (QED) is 0.711. The van der Waals surface area contributed by atoms with E-state index in [2.05, 4.69) is 15.9 Å². The van der Waals surface area contributed by atoms with Gasteiger partial charge in [0, 0.05) is 12.8 Å². The van der Waals surface area contributed by atoms with Crippen LogP contribution in [-0.2, 0) is 17.6 Å². The third-order valence-electron chi connectivity index (χ3n) is 3.00. The van der Waals surface area contributed by atoms with Crippen LogP contribution in [0.4, 0.5) is 0 Å². The van der Waals surface area contributed by atoms with Crippen LogP contribution in [-0.4, -0.2) is 12.9 Å². The highest BCUT2D eigenvalue weighted by molar-refractivity contribution is 9.10. The first-order valence-electron chi connectivity index (χ1n) is 6.27. The average Bonchev–Trinajstić information content (AvgIpc) is 2.43. The van der Waals surface area contributed by atoms with Crippen molar-refractivity contribution in [1.29, 1.82) is 0 Å². The van der Waals surface area contributed by atoms with Gasteiger partial charge in [0.2, 0.25) is 0 Å². The fraction of sp³-hybridized carbons (Fsp3) is 0.188. The van der Waals surface area contributed by atoms with Crippen molar-refractivity contribution in [2.75, 3.05) is 7.11 Å². The van der Waals surface area contributed by atoms with Crippen LogP contribution in [0, 0.1) is 0 Å². The third-order valence-corrected chi connectivity index (χ3v) is 4.36. The molecule has 2 rings (SSSR count). The smallest absolute Gasteiger partial charge is 0.141 e. The molecule has 0 radical (unpaired) electrons. The second-order valence-electron chi connectivity index (χ2n) is 4.61. The summed E-state index contributed by atoms with van der Waals surface area (Å²) in [6, 6.07) is 10.9. The Kier molecular flexibility index (Phi) is 5.68. The molecule has 0 aliphatic rings. The van der Waals surface area contributed by atoms with Crippen molar-refractivity contribution in [1.82, 2.24) is 0 Å². The van der Waals surface area contributed by atoms with Crippen LogP contribution >= 0.6 is 39.1 Å². The van der Waals surface area contributed by atoms with E-state index < -0.39 is 0 Å². The van der Waals surface area contributed by atoms with Crippen LogP contribution in [0.2, 0.25) is 10.0 Å². The molecule has 0 spiro atoms. The first-order chi connectivity index (χ1) is 9.99. The minimum atomic E-state index is 0.116. The van der Waals surface area contributed by atoms with E-state index in [4.69, 9.17) is 27.9 Å². The van der Waals surface area contributed by atoms with Crippen LogP contribution in [0.15, 0.2) is 40.9 Å². The SMILES string of the molecule is COc1ccc(CC(=O)Cc2ccc(Cl)c(Cl)c2)cc1Br. The zero-order valence-electron chi connectivity index (χ0n) is 11.3. The van der Waals surface area contributed by atoms with E-state index in [0.717, 1.165) is 21.3 Å². The molecule has 2 aromatic rings. The van der Waals surface area contributed by atoms with Crippen molar-refractivity contribution < 1.29 is 9.53 Å². The Hall–Kier alpha value is -1.03. The Labute approximate surface area is 142 Å². The van der Waals surface area contributed by atoms with E-state index in [-0.39, 0.29) is 5.78 Å². The number of methoxy groups -OCH3 is 1. The molecular formula is C16H13BrCl2O2. The second-order valence-corrected chi connectivity index (χ2v) is 6.28. The molecule has 2 nitrogen and oxygen atoms in total. The van der Waals surface area contributed by atoms with Gasteiger partial charge < -0.3 is 4.74 Å². The van der Waals surface area contributed by atoms with E-state index in [0.29, 0.717) is 22.9 Å². The number of halogens is 3. The van der Waals surface area contributed by atoms with E-state index in [1.54, 1.807) is 19.2 Å². The van der Waals surface area contributed by atoms with Crippen molar-refractivity contribution in [2.24, 2.45) is 0 Å². The van der Waals surface area contributed by atoms with Gasteiger partial charge in [0.15, 0.2) is 0 Å². The second kappa shape index (κ2) is 7.30. The normalized spacial score (nSPS) is 10.5. The molecular weight excluding hydrogens is 375 g/mol. The van der Waals surface area contributed by atoms with Crippen LogP contribution in [0.5, 0.6) is 5.75 Å². The highest BCUT2D eigenvalue weighted by atomic mass is 79.9. The molecule has 110 valence electrons. The molecule has 0 fully saturated rings. The molecule has 21 heavy (non-hydrogen) atoms. The van der Waals surface area contributed by atoms with Crippen LogP contribution in [0.1, 0.15) is 11.1 Å². The summed E-state index contributed by atoms with van der Waals surface area (Å²) >= 11 is 15.2. The summed E-state index contributed by atoms with van der Waals surface area (Å²) in [5, 5.41) is 0.959. The fourth-order valence-electron chi connectivity index (χ4n) is 1.99. The molecule has 0 aromatic heterocycles. The van der Waals surface area contributed by atoms with Gasteiger partial charge in [-0.05, 0) is 51.3 Å². The van der Waals surface area contributed by atoms with Gasteiger partial charge in [-0.15, -0.1) is 0 Å². The Balaban J connectivity index is 2.04. The predicted octanol–water partition coefficient (Wildman–Crippen LogP) is 5.12. The maximum Gasteiger partial charge on any atom is 0.141 e. The van der Waals surface area contributed by atoms with Crippen LogP contribution in [0.3, 0.4) is 0 Å². The number of hydrogen-bond acceptors (Lipinski definition) is 2. The molecule has 0 aliphatic carbocycles. The monoisotopic (exact) mass is 386 g/mol. The highest BCUT2D eigenvalue weighted by Gasteiger charge is 2.09. The number of benzene rings is 2. The van der Waals surface area contributed by atoms with Crippen molar-refractivity contribution in [3.63, 3.8) is 0 Å². The van der Waals surface area contributed by atoms with Crippen molar-refractivity contribution in [3.05, 3.63) is 62.0 Å². The van der Waals surface area contributed by atoms with Gasteiger partial charge >= 0.3 is 0 Å². The van der Waals surface area contributed by atoms with Gasteiger partial charge in [-0.1, -0.05) is 35.3 Å². The van der Waals surface area contributed by atoms with Crippen molar-refractivity contribution in [2.45, 2.75) is 12.8 Å². The summed E-state index contributed by atoms with van der Waals surface area (Å²) < 4.78 is 6.00.